The van der Waals surface area contributed by atoms with Crippen LogP contribution in [0.2, 0.25) is 0 Å². The number of carbonyl (C=O) groups is 1. The molecule has 3 atom stereocenters. The molecule has 0 aliphatic heterocycles. The van der Waals surface area contributed by atoms with Crippen molar-refractivity contribution in [3.8, 4) is 0 Å². The molecule has 8 heteroatoms. The van der Waals surface area contributed by atoms with Crippen LogP contribution in [0.4, 0.5) is 4.39 Å². The second-order valence-electron chi connectivity index (χ2n) is 8.74. The van der Waals surface area contributed by atoms with Crippen LogP contribution in [0.25, 0.3) is 0 Å². The number of amides is 1. The summed E-state index contributed by atoms with van der Waals surface area (Å²) in [4.78, 5) is 12.8. The Morgan fingerprint density at radius 2 is 1.77 bits per heavy atom. The fourth-order valence-corrected chi connectivity index (χ4v) is 8.20. The fourth-order valence-electron chi connectivity index (χ4n) is 3.24. The van der Waals surface area contributed by atoms with Crippen LogP contribution >= 0.6 is 12.6 Å². The number of carbonyl (C=O) groups excluding carboxylic acids is 1. The number of benzene rings is 2. The first-order chi connectivity index (χ1) is 14.3. The van der Waals surface area contributed by atoms with Gasteiger partial charge in [0.05, 0.1) is 0 Å². The SMILES string of the molecule is CCC(C(=O)NCc1ccc([AsH]S(C)(=O)=O)c(F)c1)C(S)c1ccc(C(C)(C)C)cc1. The van der Waals surface area contributed by atoms with Crippen LogP contribution in [-0.2, 0) is 24.9 Å². The second-order valence-corrected chi connectivity index (χ2v) is 18.1. The summed E-state index contributed by atoms with van der Waals surface area (Å²) >= 11 is 3.14. The molecule has 0 fully saturated rings. The number of rotatable bonds is 8. The van der Waals surface area contributed by atoms with Crippen molar-refractivity contribution in [3.63, 3.8) is 0 Å². The summed E-state index contributed by atoms with van der Waals surface area (Å²) in [5.41, 5.74) is 2.85. The van der Waals surface area contributed by atoms with Crippen molar-refractivity contribution in [2.75, 3.05) is 6.26 Å². The fraction of sp³-hybridized carbons (Fsp3) is 0.435. The van der Waals surface area contributed by atoms with E-state index >= 15 is 0 Å². The maximum absolute atomic E-state index is 14.2. The molecule has 31 heavy (non-hydrogen) atoms. The van der Waals surface area contributed by atoms with Crippen LogP contribution in [-0.4, -0.2) is 35.2 Å². The van der Waals surface area contributed by atoms with E-state index in [9.17, 15) is 17.6 Å². The molecular weight excluding hydrogens is 496 g/mol. The van der Waals surface area contributed by atoms with Gasteiger partial charge in [-0.3, -0.25) is 0 Å². The van der Waals surface area contributed by atoms with Crippen molar-refractivity contribution in [2.45, 2.75) is 51.3 Å². The molecule has 1 amide bonds. The van der Waals surface area contributed by atoms with E-state index in [1.807, 2.05) is 19.1 Å². The van der Waals surface area contributed by atoms with Gasteiger partial charge >= 0.3 is 165 Å². The molecule has 0 aliphatic carbocycles. The Kier molecular flexibility index (Phi) is 8.83. The molecule has 1 N–H and O–H groups in total. The number of halogens is 1. The molecule has 0 saturated heterocycles. The molecule has 3 unspecified atom stereocenters. The van der Waals surface area contributed by atoms with Gasteiger partial charge in [-0.15, -0.1) is 0 Å². The molecule has 0 aliphatic rings. The van der Waals surface area contributed by atoms with E-state index in [-0.39, 0.29) is 33.4 Å². The third kappa shape index (κ3) is 7.65. The third-order valence-electron chi connectivity index (χ3n) is 5.07. The van der Waals surface area contributed by atoms with E-state index in [1.165, 1.54) is 17.7 Å². The third-order valence-corrected chi connectivity index (χ3v) is 10.9. The zero-order valence-corrected chi connectivity index (χ0v) is 22.4. The van der Waals surface area contributed by atoms with Gasteiger partial charge in [0.2, 0.25) is 0 Å². The van der Waals surface area contributed by atoms with Gasteiger partial charge in [0, 0.05) is 0 Å². The predicted octanol–water partition coefficient (Wildman–Crippen LogP) is 3.46. The number of nitrogens with one attached hydrogen (secondary N) is 1. The van der Waals surface area contributed by atoms with Crippen molar-refractivity contribution < 1.29 is 17.6 Å². The van der Waals surface area contributed by atoms with Crippen LogP contribution in [0, 0.1) is 11.7 Å². The minimum absolute atomic E-state index is 0.0561. The first-order valence-electron chi connectivity index (χ1n) is 10.1. The molecule has 170 valence electrons. The summed E-state index contributed by atoms with van der Waals surface area (Å²) in [6.07, 6.45) is 1.74. The van der Waals surface area contributed by atoms with Crippen LogP contribution < -0.4 is 9.67 Å². The van der Waals surface area contributed by atoms with Gasteiger partial charge in [-0.1, -0.05) is 20.8 Å². The van der Waals surface area contributed by atoms with Crippen LogP contribution in [0.1, 0.15) is 56.1 Å². The summed E-state index contributed by atoms with van der Waals surface area (Å²) in [7, 11) is -3.19. The summed E-state index contributed by atoms with van der Waals surface area (Å²) < 4.78 is 37.4. The standard InChI is InChI=1S/C23H31AsFNO3S2/c1-6-18(21(30)16-8-10-17(11-9-16)23(2,3)4)22(27)26-14-15-7-12-19(20(25)13-15)24-31(5,28)29/h7-13,18,21,24,30H,6,14H2,1-5H3,(H,26,27). The molecule has 2 rings (SSSR count). The monoisotopic (exact) mass is 527 g/mol. The van der Waals surface area contributed by atoms with E-state index in [4.69, 9.17) is 12.6 Å². The summed E-state index contributed by atoms with van der Waals surface area (Å²) in [5, 5.41) is 2.62. The normalized spacial score (nSPS) is 14.5. The van der Waals surface area contributed by atoms with Gasteiger partial charge < -0.3 is 0 Å². The van der Waals surface area contributed by atoms with E-state index in [1.54, 1.807) is 6.07 Å². The van der Waals surface area contributed by atoms with Crippen molar-refractivity contribution in [1.29, 1.82) is 0 Å². The molecule has 2 aromatic carbocycles. The van der Waals surface area contributed by atoms with E-state index in [2.05, 4.69) is 38.2 Å². The zero-order chi connectivity index (χ0) is 23.4. The molecule has 0 aromatic heterocycles. The maximum atomic E-state index is 14.2. The second kappa shape index (κ2) is 10.5. The van der Waals surface area contributed by atoms with Crippen LogP contribution in [0.15, 0.2) is 42.5 Å². The Hall–Kier alpha value is -1.30. The Labute approximate surface area is 196 Å². The molecule has 2 aromatic rings. The Morgan fingerprint density at radius 3 is 2.26 bits per heavy atom. The minimum atomic E-state index is -3.19. The molecule has 0 spiro atoms. The average molecular weight is 528 g/mol. The quantitative estimate of drug-likeness (QED) is 0.409. The van der Waals surface area contributed by atoms with Crippen molar-refractivity contribution in [1.82, 2.24) is 5.32 Å². The predicted molar refractivity (Wildman–Crippen MR) is 131 cm³/mol. The van der Waals surface area contributed by atoms with Crippen LogP contribution in [0.3, 0.4) is 0 Å². The Bertz CT molecular complexity index is 1020. The Morgan fingerprint density at radius 1 is 1.16 bits per heavy atom. The Balaban J connectivity index is 2.05. The first-order valence-corrected chi connectivity index (χ1v) is 16.2. The molecular formula is C23H31AsFNO3S2. The molecule has 0 bridgehead atoms. The van der Waals surface area contributed by atoms with Crippen molar-refractivity contribution in [2.24, 2.45) is 5.92 Å². The van der Waals surface area contributed by atoms with Crippen LogP contribution in [0.5, 0.6) is 0 Å². The number of thiol groups is 1. The van der Waals surface area contributed by atoms with E-state index in [0.29, 0.717) is 12.0 Å². The summed E-state index contributed by atoms with van der Waals surface area (Å²) in [6.45, 7) is 8.58. The van der Waals surface area contributed by atoms with Gasteiger partial charge in [0.25, 0.3) is 0 Å². The van der Waals surface area contributed by atoms with Gasteiger partial charge in [0.15, 0.2) is 0 Å². The molecule has 0 heterocycles. The molecule has 0 radical (unpaired) electrons. The van der Waals surface area contributed by atoms with Gasteiger partial charge in [-0.25, -0.2) is 0 Å². The van der Waals surface area contributed by atoms with Crippen molar-refractivity contribution in [3.05, 3.63) is 65.0 Å². The zero-order valence-electron chi connectivity index (χ0n) is 18.6. The number of hydrogen-bond donors (Lipinski definition) is 2. The first kappa shape index (κ1) is 26.0. The average Bonchev–Trinajstić information content (AvgIpc) is 2.67. The van der Waals surface area contributed by atoms with Gasteiger partial charge in [-0.05, 0) is 11.0 Å². The van der Waals surface area contributed by atoms with E-state index in [0.717, 1.165) is 11.8 Å². The van der Waals surface area contributed by atoms with Gasteiger partial charge in [-0.2, -0.15) is 0 Å². The molecule has 4 nitrogen and oxygen atoms in total. The summed E-state index contributed by atoms with van der Waals surface area (Å²) in [6, 6.07) is 12.7. The van der Waals surface area contributed by atoms with Gasteiger partial charge in [0.1, 0.15) is 0 Å². The van der Waals surface area contributed by atoms with E-state index < -0.39 is 28.5 Å². The number of hydrogen-bond acceptors (Lipinski definition) is 4. The molecule has 0 saturated carbocycles. The summed E-state index contributed by atoms with van der Waals surface area (Å²) in [5.74, 6) is -1.00. The topological polar surface area (TPSA) is 63.2 Å². The van der Waals surface area contributed by atoms with Crippen molar-refractivity contribution >= 4 is 45.6 Å².